The zero-order valence-electron chi connectivity index (χ0n) is 21.8. The van der Waals surface area contributed by atoms with Crippen molar-refractivity contribution in [2.75, 3.05) is 27.2 Å². The summed E-state index contributed by atoms with van der Waals surface area (Å²) in [6.45, 7) is 2.53. The number of nitrogens with one attached hydrogen (secondary N) is 3. The van der Waals surface area contributed by atoms with Crippen LogP contribution in [0.2, 0.25) is 0 Å². The zero-order valence-corrected chi connectivity index (χ0v) is 21.8. The second-order valence-electron chi connectivity index (χ2n) is 10.5. The topological polar surface area (TPSA) is 145 Å². The van der Waals surface area contributed by atoms with E-state index in [1.54, 1.807) is 26.2 Å². The maximum atomic E-state index is 13.2. The van der Waals surface area contributed by atoms with Crippen LogP contribution in [0.15, 0.2) is 24.3 Å². The molecule has 2 heterocycles. The van der Waals surface area contributed by atoms with Crippen molar-refractivity contribution < 1.29 is 39.0 Å². The molecule has 0 unspecified atom stereocenters. The van der Waals surface area contributed by atoms with Gasteiger partial charge in [0.2, 0.25) is 12.1 Å². The number of aliphatic hydroxyl groups is 4. The van der Waals surface area contributed by atoms with Gasteiger partial charge in [-0.15, -0.1) is 0 Å². The Morgan fingerprint density at radius 2 is 1.70 bits per heavy atom. The van der Waals surface area contributed by atoms with E-state index in [0.29, 0.717) is 19.4 Å². The fourth-order valence-electron chi connectivity index (χ4n) is 5.87. The van der Waals surface area contributed by atoms with Crippen molar-refractivity contribution in [3.8, 4) is 0 Å². The van der Waals surface area contributed by atoms with Crippen molar-refractivity contribution in [1.29, 1.82) is 0 Å². The maximum Gasteiger partial charge on any atom is 0.249 e. The summed E-state index contributed by atoms with van der Waals surface area (Å²) >= 11 is 0. The van der Waals surface area contributed by atoms with Crippen LogP contribution >= 0.6 is 0 Å². The van der Waals surface area contributed by atoms with Gasteiger partial charge >= 0.3 is 0 Å². The van der Waals surface area contributed by atoms with E-state index >= 15 is 0 Å². The smallest absolute Gasteiger partial charge is 0.249 e. The Balaban J connectivity index is 1.54. The van der Waals surface area contributed by atoms with Crippen LogP contribution in [0, 0.1) is 5.82 Å². The molecule has 4 rings (SSSR count). The highest BCUT2D eigenvalue weighted by atomic mass is 19.1. The van der Waals surface area contributed by atoms with Gasteiger partial charge in [-0.3, -0.25) is 0 Å². The van der Waals surface area contributed by atoms with Crippen LogP contribution in [-0.4, -0.2) is 108 Å². The quantitative estimate of drug-likeness (QED) is 0.197. The third kappa shape index (κ3) is 5.58. The van der Waals surface area contributed by atoms with Crippen LogP contribution in [0.3, 0.4) is 0 Å². The zero-order chi connectivity index (χ0) is 26.8. The van der Waals surface area contributed by atoms with Gasteiger partial charge in [0.1, 0.15) is 29.7 Å². The highest BCUT2D eigenvalue weighted by Crippen LogP contribution is 2.47. The molecule has 0 bridgehead atoms. The average Bonchev–Trinajstić information content (AvgIpc) is 2.87. The Labute approximate surface area is 217 Å². The molecule has 1 aromatic carbocycles. The van der Waals surface area contributed by atoms with Crippen LogP contribution in [-0.2, 0) is 20.6 Å². The first-order valence-corrected chi connectivity index (χ1v) is 13.3. The molecule has 10 atom stereocenters. The molecule has 7 N–H and O–H groups in total. The Morgan fingerprint density at radius 1 is 1.00 bits per heavy atom. The van der Waals surface area contributed by atoms with Gasteiger partial charge in [-0.2, -0.15) is 0 Å². The van der Waals surface area contributed by atoms with Gasteiger partial charge in [0, 0.05) is 13.0 Å². The summed E-state index contributed by atoms with van der Waals surface area (Å²) in [7, 11) is 3.29. The summed E-state index contributed by atoms with van der Waals surface area (Å²) in [5, 5.41) is 54.7. The molecule has 1 saturated carbocycles. The van der Waals surface area contributed by atoms with Crippen molar-refractivity contribution in [2.24, 2.45) is 0 Å². The minimum absolute atomic E-state index is 0.0115. The summed E-state index contributed by atoms with van der Waals surface area (Å²) in [5.41, 5.74) is -0.845. The van der Waals surface area contributed by atoms with Gasteiger partial charge in [-0.25, -0.2) is 4.39 Å². The summed E-state index contributed by atoms with van der Waals surface area (Å²) in [6.07, 6.45) is -2.59. The first kappa shape index (κ1) is 28.8. The lowest BCUT2D eigenvalue weighted by Gasteiger charge is -2.60. The number of halogens is 1. The summed E-state index contributed by atoms with van der Waals surface area (Å²) in [4.78, 5) is 0. The first-order valence-electron chi connectivity index (χ1n) is 13.3. The number of likely N-dealkylation sites (N-methyl/N-ethyl adjacent to an activating group) is 2. The van der Waals surface area contributed by atoms with E-state index in [4.69, 9.17) is 14.2 Å². The lowest BCUT2D eigenvalue weighted by atomic mass is 9.77. The van der Waals surface area contributed by atoms with Crippen molar-refractivity contribution in [1.82, 2.24) is 16.0 Å². The van der Waals surface area contributed by atoms with E-state index in [1.165, 1.54) is 12.1 Å². The van der Waals surface area contributed by atoms with Crippen LogP contribution in [0.4, 0.5) is 4.39 Å². The Kier molecular flexibility index (Phi) is 9.22. The summed E-state index contributed by atoms with van der Waals surface area (Å²) in [5.74, 6) is -2.55. The molecular weight excluding hydrogens is 485 g/mol. The monoisotopic (exact) mass is 527 g/mol. The maximum absolute atomic E-state index is 13.2. The molecular formula is C26H42FN3O7. The van der Waals surface area contributed by atoms with Gasteiger partial charge in [0.25, 0.3) is 0 Å². The molecule has 3 fully saturated rings. The third-order valence-corrected chi connectivity index (χ3v) is 8.05. The number of fused-ring (bicyclic) bond motifs is 2. The molecule has 3 aliphatic rings. The summed E-state index contributed by atoms with van der Waals surface area (Å²) in [6, 6.07) is 4.84. The second-order valence-corrected chi connectivity index (χ2v) is 10.5. The van der Waals surface area contributed by atoms with E-state index in [-0.39, 0.29) is 24.9 Å². The van der Waals surface area contributed by atoms with Gasteiger partial charge in [0.15, 0.2) is 0 Å². The van der Waals surface area contributed by atoms with Crippen LogP contribution in [0.5, 0.6) is 0 Å². The predicted octanol–water partition coefficient (Wildman–Crippen LogP) is -0.622. The SMILES string of the molecule is CCCC[C@@H]1C[C@@](O)(CNCCc2ccc(F)cc2)[C@]2(O)O[C@@H]3[C@@H](NC)[C@@H](O)[C@@H](NC)[C@H](O)[C@H]3O[C@@H]2O1. The normalized spacial score (nSPS) is 41.7. The number of ether oxygens (including phenoxy) is 3. The van der Waals surface area contributed by atoms with Gasteiger partial charge in [0.05, 0.1) is 24.3 Å². The van der Waals surface area contributed by atoms with E-state index in [1.807, 2.05) is 0 Å². The lowest BCUT2D eigenvalue weighted by Crippen LogP contribution is -2.81. The fourth-order valence-corrected chi connectivity index (χ4v) is 5.87. The molecule has 2 aliphatic heterocycles. The van der Waals surface area contributed by atoms with Crippen molar-refractivity contribution in [3.63, 3.8) is 0 Å². The molecule has 2 saturated heterocycles. The molecule has 1 aromatic rings. The first-order chi connectivity index (χ1) is 17.7. The Hall–Kier alpha value is -1.25. The third-order valence-electron chi connectivity index (χ3n) is 8.05. The molecule has 37 heavy (non-hydrogen) atoms. The Bertz CT molecular complexity index is 882. The Morgan fingerprint density at radius 3 is 2.35 bits per heavy atom. The molecule has 0 aromatic heterocycles. The number of unbranched alkanes of at least 4 members (excludes halogenated alkanes) is 1. The predicted molar refractivity (Wildman–Crippen MR) is 133 cm³/mol. The van der Waals surface area contributed by atoms with Crippen LogP contribution in [0.1, 0.15) is 38.2 Å². The lowest BCUT2D eigenvalue weighted by molar-refractivity contribution is -0.483. The van der Waals surface area contributed by atoms with Crippen molar-refractivity contribution >= 4 is 0 Å². The van der Waals surface area contributed by atoms with Crippen LogP contribution < -0.4 is 16.0 Å². The molecule has 0 spiro atoms. The minimum atomic E-state index is -2.25. The van der Waals surface area contributed by atoms with Crippen LogP contribution in [0.25, 0.3) is 0 Å². The molecule has 1 aliphatic carbocycles. The minimum Gasteiger partial charge on any atom is -0.390 e. The number of benzene rings is 1. The van der Waals surface area contributed by atoms with Gasteiger partial charge < -0.3 is 50.6 Å². The summed E-state index contributed by atoms with van der Waals surface area (Å²) < 4.78 is 31.6. The second kappa shape index (κ2) is 11.9. The highest BCUT2D eigenvalue weighted by Gasteiger charge is 2.68. The molecule has 0 amide bonds. The van der Waals surface area contributed by atoms with Crippen molar-refractivity contribution in [2.45, 2.75) is 99.3 Å². The fraction of sp³-hybridized carbons (Fsp3) is 0.769. The van der Waals surface area contributed by atoms with Gasteiger partial charge in [-0.05, 0) is 51.2 Å². The molecule has 0 radical (unpaired) electrons. The number of hydrogen-bond donors (Lipinski definition) is 7. The molecule has 210 valence electrons. The van der Waals surface area contributed by atoms with E-state index in [2.05, 4.69) is 22.9 Å². The molecule has 10 nitrogen and oxygen atoms in total. The number of hydrogen-bond acceptors (Lipinski definition) is 10. The largest absolute Gasteiger partial charge is 0.390 e. The van der Waals surface area contributed by atoms with Gasteiger partial charge in [-0.1, -0.05) is 31.9 Å². The van der Waals surface area contributed by atoms with E-state index in [9.17, 15) is 24.8 Å². The standard InChI is InChI=1S/C26H42FN3O7/c1-4-5-6-17-13-25(33,14-30-12-11-15-7-9-16(27)10-8-15)26(34)24(35-17)36-23-21(32)18(28-2)20(31)19(29-3)22(23)37-26/h7-10,17-24,28-34H,4-6,11-14H2,1-3H3/t17-,18-,19+,20+,21+,22-,23-,24+,25-,26-/m1/s1. The number of aliphatic hydroxyl groups excluding tert-OH is 2. The molecule has 11 heteroatoms. The average molecular weight is 528 g/mol. The number of rotatable bonds is 10. The highest BCUT2D eigenvalue weighted by molar-refractivity contribution is 5.16. The van der Waals surface area contributed by atoms with E-state index < -0.39 is 54.2 Å². The van der Waals surface area contributed by atoms with E-state index in [0.717, 1.165) is 18.4 Å². The van der Waals surface area contributed by atoms with Crippen molar-refractivity contribution in [3.05, 3.63) is 35.6 Å².